The molecule has 88 valence electrons. The number of hydrogen-bond donors (Lipinski definition) is 0. The summed E-state index contributed by atoms with van der Waals surface area (Å²) >= 11 is 0. The van der Waals surface area contributed by atoms with Crippen LogP contribution in [0.3, 0.4) is 0 Å². The van der Waals surface area contributed by atoms with Gasteiger partial charge in [0.1, 0.15) is 7.05 Å². The van der Waals surface area contributed by atoms with E-state index in [0.717, 1.165) is 5.69 Å². The Labute approximate surface area is 106 Å². The van der Waals surface area contributed by atoms with Crippen molar-refractivity contribution in [3.63, 3.8) is 0 Å². The predicted octanol–water partition coefficient (Wildman–Crippen LogP) is 2.43. The van der Waals surface area contributed by atoms with Gasteiger partial charge in [0.2, 0.25) is 5.69 Å². The lowest BCUT2D eigenvalue weighted by Gasteiger charge is -2.07. The zero-order valence-corrected chi connectivity index (χ0v) is 10.5. The molecule has 0 aliphatic rings. The van der Waals surface area contributed by atoms with Crippen LogP contribution in [0.1, 0.15) is 5.56 Å². The largest absolute Gasteiger partial charge is 0.264 e. The SMILES string of the molecule is Cc1c(-c2cncc[n+]2C)ccc2ccncc12. The van der Waals surface area contributed by atoms with Gasteiger partial charge in [-0.25, -0.2) is 0 Å². The average Bonchev–Trinajstić information content (AvgIpc) is 2.41. The Balaban J connectivity index is 2.31. The van der Waals surface area contributed by atoms with Gasteiger partial charge >= 0.3 is 0 Å². The molecule has 3 nitrogen and oxygen atoms in total. The van der Waals surface area contributed by atoms with E-state index in [-0.39, 0.29) is 0 Å². The number of rotatable bonds is 1. The maximum Gasteiger partial charge on any atom is 0.231 e. The molecule has 1 aromatic carbocycles. The average molecular weight is 236 g/mol. The fraction of sp³-hybridized carbons (Fsp3) is 0.133. The van der Waals surface area contributed by atoms with Gasteiger partial charge in [-0.1, -0.05) is 6.07 Å². The molecule has 0 spiro atoms. The zero-order chi connectivity index (χ0) is 12.5. The molecule has 0 aliphatic carbocycles. The third-order valence-corrected chi connectivity index (χ3v) is 3.32. The fourth-order valence-electron chi connectivity index (χ4n) is 2.27. The number of hydrogen-bond acceptors (Lipinski definition) is 2. The molecule has 0 saturated carbocycles. The molecule has 2 aromatic heterocycles. The molecule has 0 amide bonds. The molecule has 0 N–H and O–H groups in total. The maximum absolute atomic E-state index is 4.21. The standard InChI is InChI=1S/C15H14N3/c1-11-13(15-10-17-7-8-18(15)2)4-3-12-5-6-16-9-14(11)12/h3-10H,1-2H3/q+1. The van der Waals surface area contributed by atoms with Crippen molar-refractivity contribution in [3.8, 4) is 11.3 Å². The molecule has 0 atom stereocenters. The first kappa shape index (κ1) is 10.8. The van der Waals surface area contributed by atoms with Crippen molar-refractivity contribution in [2.45, 2.75) is 6.92 Å². The van der Waals surface area contributed by atoms with Crippen LogP contribution in [0.5, 0.6) is 0 Å². The Morgan fingerprint density at radius 3 is 2.67 bits per heavy atom. The fourth-order valence-corrected chi connectivity index (χ4v) is 2.27. The summed E-state index contributed by atoms with van der Waals surface area (Å²) in [7, 11) is 2.03. The minimum Gasteiger partial charge on any atom is -0.264 e. The van der Waals surface area contributed by atoms with E-state index in [1.165, 1.54) is 21.9 Å². The van der Waals surface area contributed by atoms with Crippen molar-refractivity contribution in [3.05, 3.63) is 54.7 Å². The highest BCUT2D eigenvalue weighted by Gasteiger charge is 2.13. The summed E-state index contributed by atoms with van der Waals surface area (Å²) in [6.07, 6.45) is 9.39. The number of aryl methyl sites for hydroxylation is 2. The third kappa shape index (κ3) is 1.64. The van der Waals surface area contributed by atoms with Crippen LogP contribution >= 0.6 is 0 Å². The Kier molecular flexibility index (Phi) is 2.52. The van der Waals surface area contributed by atoms with Crippen LogP contribution in [0.2, 0.25) is 0 Å². The van der Waals surface area contributed by atoms with Gasteiger partial charge in [0.15, 0.2) is 6.20 Å². The van der Waals surface area contributed by atoms with E-state index in [0.29, 0.717) is 0 Å². The summed E-state index contributed by atoms with van der Waals surface area (Å²) in [5, 5.41) is 2.41. The van der Waals surface area contributed by atoms with Crippen LogP contribution in [0.15, 0.2) is 49.2 Å². The van der Waals surface area contributed by atoms with Crippen molar-refractivity contribution >= 4 is 10.8 Å². The molecule has 0 aliphatic heterocycles. The van der Waals surface area contributed by atoms with Gasteiger partial charge in [0.25, 0.3) is 0 Å². The molecular weight excluding hydrogens is 222 g/mol. The van der Waals surface area contributed by atoms with Gasteiger partial charge in [-0.05, 0) is 30.0 Å². The summed E-state index contributed by atoms with van der Waals surface area (Å²) < 4.78 is 2.08. The number of benzene rings is 1. The first-order valence-electron chi connectivity index (χ1n) is 5.91. The van der Waals surface area contributed by atoms with Crippen molar-refractivity contribution in [1.82, 2.24) is 9.97 Å². The molecule has 2 heterocycles. The lowest BCUT2D eigenvalue weighted by molar-refractivity contribution is -0.660. The van der Waals surface area contributed by atoms with Gasteiger partial charge in [-0.3, -0.25) is 9.97 Å². The van der Waals surface area contributed by atoms with Crippen molar-refractivity contribution in [2.75, 3.05) is 0 Å². The van der Waals surface area contributed by atoms with E-state index in [4.69, 9.17) is 0 Å². The number of pyridine rings is 1. The van der Waals surface area contributed by atoms with Gasteiger partial charge < -0.3 is 0 Å². The lowest BCUT2D eigenvalue weighted by atomic mass is 10.00. The zero-order valence-electron chi connectivity index (χ0n) is 10.5. The van der Waals surface area contributed by atoms with Gasteiger partial charge in [0.05, 0.1) is 18.0 Å². The molecule has 3 aromatic rings. The van der Waals surface area contributed by atoms with E-state index in [9.17, 15) is 0 Å². The highest BCUT2D eigenvalue weighted by atomic mass is 14.9. The van der Waals surface area contributed by atoms with Crippen LogP contribution in [0.25, 0.3) is 22.0 Å². The summed E-state index contributed by atoms with van der Waals surface area (Å²) in [5.74, 6) is 0. The second-order valence-electron chi connectivity index (χ2n) is 4.41. The number of aromatic nitrogens is 3. The molecule has 3 heteroatoms. The summed E-state index contributed by atoms with van der Waals surface area (Å²) in [4.78, 5) is 8.42. The van der Waals surface area contributed by atoms with E-state index in [1.54, 1.807) is 6.20 Å². The van der Waals surface area contributed by atoms with Crippen LogP contribution in [0.4, 0.5) is 0 Å². The number of nitrogens with zero attached hydrogens (tertiary/aromatic N) is 3. The third-order valence-electron chi connectivity index (χ3n) is 3.32. The molecule has 0 saturated heterocycles. The summed E-state index contributed by atoms with van der Waals surface area (Å²) in [6, 6.07) is 6.32. The summed E-state index contributed by atoms with van der Waals surface area (Å²) in [5.41, 5.74) is 3.55. The van der Waals surface area contributed by atoms with Crippen molar-refractivity contribution in [2.24, 2.45) is 7.05 Å². The molecular formula is C15H14N3+. The molecule has 0 bridgehead atoms. The first-order chi connectivity index (χ1) is 8.77. The smallest absolute Gasteiger partial charge is 0.231 e. The van der Waals surface area contributed by atoms with E-state index in [2.05, 4.69) is 33.6 Å². The first-order valence-corrected chi connectivity index (χ1v) is 5.91. The van der Waals surface area contributed by atoms with E-state index < -0.39 is 0 Å². The Hall–Kier alpha value is -2.29. The van der Waals surface area contributed by atoms with Crippen LogP contribution < -0.4 is 4.57 Å². The molecule has 0 fully saturated rings. The molecule has 3 rings (SSSR count). The molecule has 18 heavy (non-hydrogen) atoms. The van der Waals surface area contributed by atoms with E-state index in [1.807, 2.05) is 37.9 Å². The molecule has 0 radical (unpaired) electrons. The topological polar surface area (TPSA) is 29.7 Å². The lowest BCUT2D eigenvalue weighted by Crippen LogP contribution is -2.30. The van der Waals surface area contributed by atoms with Crippen LogP contribution in [0, 0.1) is 6.92 Å². The predicted molar refractivity (Wildman–Crippen MR) is 70.9 cm³/mol. The summed E-state index contributed by atoms with van der Waals surface area (Å²) in [6.45, 7) is 2.13. The Bertz CT molecular complexity index is 720. The van der Waals surface area contributed by atoms with Crippen molar-refractivity contribution in [1.29, 1.82) is 0 Å². The minimum atomic E-state index is 1.11. The van der Waals surface area contributed by atoms with Gasteiger partial charge in [0, 0.05) is 17.8 Å². The van der Waals surface area contributed by atoms with Crippen LogP contribution in [-0.4, -0.2) is 9.97 Å². The Morgan fingerprint density at radius 1 is 1.00 bits per heavy atom. The highest BCUT2D eigenvalue weighted by molar-refractivity contribution is 5.89. The second kappa shape index (κ2) is 4.18. The highest BCUT2D eigenvalue weighted by Crippen LogP contribution is 2.26. The van der Waals surface area contributed by atoms with Crippen molar-refractivity contribution < 1.29 is 4.57 Å². The Morgan fingerprint density at radius 2 is 1.83 bits per heavy atom. The number of fused-ring (bicyclic) bond motifs is 1. The van der Waals surface area contributed by atoms with Gasteiger partial charge in [-0.2, -0.15) is 4.57 Å². The van der Waals surface area contributed by atoms with Gasteiger partial charge in [-0.15, -0.1) is 0 Å². The minimum absolute atomic E-state index is 1.11. The molecule has 0 unspecified atom stereocenters. The monoisotopic (exact) mass is 236 g/mol. The quantitative estimate of drug-likeness (QED) is 0.607. The van der Waals surface area contributed by atoms with E-state index >= 15 is 0 Å². The van der Waals surface area contributed by atoms with Crippen LogP contribution in [-0.2, 0) is 7.05 Å². The normalized spacial score (nSPS) is 10.8. The second-order valence-corrected chi connectivity index (χ2v) is 4.41. The maximum atomic E-state index is 4.21.